The van der Waals surface area contributed by atoms with Crippen molar-refractivity contribution in [1.29, 1.82) is 0 Å². The van der Waals surface area contributed by atoms with Crippen LogP contribution in [0.5, 0.6) is 11.5 Å². The molecule has 2 N–H and O–H groups in total. The first kappa shape index (κ1) is 20.1. The maximum Gasteiger partial charge on any atom is 0.327 e. The van der Waals surface area contributed by atoms with Crippen molar-refractivity contribution in [2.75, 3.05) is 14.2 Å². The number of aromatic hydroxyl groups is 1. The van der Waals surface area contributed by atoms with Crippen LogP contribution in [0.3, 0.4) is 0 Å². The van der Waals surface area contributed by atoms with Gasteiger partial charge in [0.25, 0.3) is 0 Å². The van der Waals surface area contributed by atoms with Gasteiger partial charge in [-0.3, -0.25) is 4.79 Å². The fourth-order valence-electron chi connectivity index (χ4n) is 2.60. The number of carboxylic acids is 1. The summed E-state index contributed by atoms with van der Waals surface area (Å²) in [6.45, 7) is 0. The number of aryl methyl sites for hydroxylation is 1. The Kier molecular flexibility index (Phi) is 7.05. The Morgan fingerprint density at radius 1 is 1.26 bits per heavy atom. The Morgan fingerprint density at radius 2 is 2.04 bits per heavy atom. The summed E-state index contributed by atoms with van der Waals surface area (Å²) in [6.07, 6.45) is 6.98. The van der Waals surface area contributed by atoms with E-state index in [-0.39, 0.29) is 18.1 Å². The van der Waals surface area contributed by atoms with E-state index in [4.69, 9.17) is 19.3 Å². The molecule has 1 atom stereocenters. The molecule has 1 aromatic rings. The molecule has 0 unspecified atom stereocenters. The molecule has 1 aliphatic rings. The molecule has 144 valence electrons. The van der Waals surface area contributed by atoms with E-state index in [0.29, 0.717) is 30.1 Å². The molecule has 1 aromatic carbocycles. The summed E-state index contributed by atoms with van der Waals surface area (Å²) in [5, 5.41) is 18.3. The SMILES string of the molecule is COC1=C(OC(=O)CCc2ccc(O)c(OC)c2)C=C[C@H](/C=C/C(=O)O)C1. The largest absolute Gasteiger partial charge is 0.504 e. The van der Waals surface area contributed by atoms with Gasteiger partial charge >= 0.3 is 11.9 Å². The highest BCUT2D eigenvalue weighted by molar-refractivity contribution is 5.79. The van der Waals surface area contributed by atoms with E-state index in [9.17, 15) is 14.7 Å². The number of carbonyl (C=O) groups excluding carboxylic acids is 1. The van der Waals surface area contributed by atoms with Crippen LogP contribution in [0.15, 0.2) is 54.0 Å². The quantitative estimate of drug-likeness (QED) is 0.533. The zero-order valence-corrected chi connectivity index (χ0v) is 15.2. The Labute approximate surface area is 157 Å². The fourth-order valence-corrected chi connectivity index (χ4v) is 2.60. The summed E-state index contributed by atoms with van der Waals surface area (Å²) in [7, 11) is 2.93. The highest BCUT2D eigenvalue weighted by Crippen LogP contribution is 2.28. The van der Waals surface area contributed by atoms with Crippen LogP contribution in [0.25, 0.3) is 0 Å². The van der Waals surface area contributed by atoms with Crippen molar-refractivity contribution in [3.63, 3.8) is 0 Å². The lowest BCUT2D eigenvalue weighted by Gasteiger charge is -2.19. The normalized spacial score (nSPS) is 16.4. The minimum absolute atomic E-state index is 0.0394. The lowest BCUT2D eigenvalue weighted by atomic mass is 9.98. The number of esters is 1. The minimum Gasteiger partial charge on any atom is -0.504 e. The molecule has 0 aromatic heterocycles. The van der Waals surface area contributed by atoms with Gasteiger partial charge in [-0.15, -0.1) is 0 Å². The lowest BCUT2D eigenvalue weighted by Crippen LogP contribution is -2.12. The number of hydrogen-bond acceptors (Lipinski definition) is 6. The minimum atomic E-state index is -1.02. The van der Waals surface area contributed by atoms with Crippen LogP contribution in [-0.4, -0.2) is 36.4 Å². The molecule has 0 bridgehead atoms. The standard InChI is InChI=1S/C20H22O7/c1-25-17-11-13(3-7-15(17)21)6-10-20(24)27-16-8-4-14(5-9-19(22)23)12-18(16)26-2/h3-5,7-9,11,14,21H,6,10,12H2,1-2H3,(H,22,23)/b9-5+/t14-/m1/s1. The van der Waals surface area contributed by atoms with Crippen LogP contribution >= 0.6 is 0 Å². The summed E-state index contributed by atoms with van der Waals surface area (Å²) in [5.41, 5.74) is 0.834. The van der Waals surface area contributed by atoms with Crippen molar-refractivity contribution in [3.05, 3.63) is 59.6 Å². The van der Waals surface area contributed by atoms with E-state index < -0.39 is 11.9 Å². The number of carbonyl (C=O) groups is 2. The zero-order chi connectivity index (χ0) is 19.8. The Hall–Kier alpha value is -3.22. The molecule has 0 fully saturated rings. The first-order valence-corrected chi connectivity index (χ1v) is 8.36. The number of phenolic OH excluding ortho intramolecular Hbond substituents is 1. The summed E-state index contributed by atoms with van der Waals surface area (Å²) in [4.78, 5) is 22.8. The highest BCUT2D eigenvalue weighted by atomic mass is 16.6. The van der Waals surface area contributed by atoms with Crippen molar-refractivity contribution in [3.8, 4) is 11.5 Å². The molecule has 2 rings (SSSR count). The van der Waals surface area contributed by atoms with E-state index in [1.54, 1.807) is 30.4 Å². The third-order valence-corrected chi connectivity index (χ3v) is 4.01. The maximum atomic E-state index is 12.1. The van der Waals surface area contributed by atoms with E-state index in [0.717, 1.165) is 11.6 Å². The number of aliphatic carboxylic acids is 1. The van der Waals surface area contributed by atoms with E-state index >= 15 is 0 Å². The first-order valence-electron chi connectivity index (χ1n) is 8.36. The molecule has 27 heavy (non-hydrogen) atoms. The second-order valence-corrected chi connectivity index (χ2v) is 5.90. The van der Waals surface area contributed by atoms with Gasteiger partial charge in [0, 0.05) is 24.8 Å². The van der Waals surface area contributed by atoms with E-state index in [1.807, 2.05) is 0 Å². The first-order chi connectivity index (χ1) is 12.9. The highest BCUT2D eigenvalue weighted by Gasteiger charge is 2.19. The molecular formula is C20H22O7. The van der Waals surface area contributed by atoms with Gasteiger partial charge in [-0.2, -0.15) is 0 Å². The van der Waals surface area contributed by atoms with Crippen molar-refractivity contribution in [2.45, 2.75) is 19.3 Å². The molecule has 0 saturated heterocycles. The van der Waals surface area contributed by atoms with Crippen molar-refractivity contribution in [1.82, 2.24) is 0 Å². The van der Waals surface area contributed by atoms with Gasteiger partial charge in [0.15, 0.2) is 17.3 Å². The van der Waals surface area contributed by atoms with Gasteiger partial charge in [-0.1, -0.05) is 18.2 Å². The fraction of sp³-hybridized carbons (Fsp3) is 0.300. The van der Waals surface area contributed by atoms with Gasteiger partial charge in [0.2, 0.25) is 0 Å². The van der Waals surface area contributed by atoms with Gasteiger partial charge < -0.3 is 24.4 Å². The van der Waals surface area contributed by atoms with Crippen molar-refractivity contribution < 1.29 is 34.0 Å². The molecular weight excluding hydrogens is 352 g/mol. The lowest BCUT2D eigenvalue weighted by molar-refractivity contribution is -0.139. The molecule has 1 aliphatic carbocycles. The molecule has 0 spiro atoms. The summed E-state index contributed by atoms with van der Waals surface area (Å²) in [5.74, 6) is -0.380. The van der Waals surface area contributed by atoms with Crippen LogP contribution < -0.4 is 4.74 Å². The number of ether oxygens (including phenoxy) is 3. The molecule has 7 heteroatoms. The molecule has 7 nitrogen and oxygen atoms in total. The predicted molar refractivity (Wildman–Crippen MR) is 97.1 cm³/mol. The maximum absolute atomic E-state index is 12.1. The average Bonchev–Trinajstić information content (AvgIpc) is 2.66. The number of hydrogen-bond donors (Lipinski definition) is 2. The zero-order valence-electron chi connectivity index (χ0n) is 15.2. The van der Waals surface area contributed by atoms with Crippen LogP contribution in [0, 0.1) is 5.92 Å². The van der Waals surface area contributed by atoms with Crippen LogP contribution in [-0.2, 0) is 25.5 Å². The Bertz CT molecular complexity index is 790. The monoisotopic (exact) mass is 374 g/mol. The van der Waals surface area contributed by atoms with Gasteiger partial charge in [-0.25, -0.2) is 4.79 Å². The number of carboxylic acid groups (broad SMARTS) is 1. The van der Waals surface area contributed by atoms with Crippen LogP contribution in [0.1, 0.15) is 18.4 Å². The number of allylic oxidation sites excluding steroid dienone is 4. The molecule has 0 radical (unpaired) electrons. The second-order valence-electron chi connectivity index (χ2n) is 5.90. The number of phenols is 1. The summed E-state index contributed by atoms with van der Waals surface area (Å²) >= 11 is 0. The number of rotatable bonds is 8. The predicted octanol–water partition coefficient (Wildman–Crippen LogP) is 2.95. The smallest absolute Gasteiger partial charge is 0.327 e. The summed E-state index contributed by atoms with van der Waals surface area (Å²) < 4.78 is 15.7. The van der Waals surface area contributed by atoms with Gasteiger partial charge in [0.05, 0.1) is 14.2 Å². The molecule has 0 aliphatic heterocycles. The molecule has 0 amide bonds. The third kappa shape index (κ3) is 5.91. The average molecular weight is 374 g/mol. The van der Waals surface area contributed by atoms with Gasteiger partial charge in [-0.05, 0) is 30.2 Å². The number of benzene rings is 1. The Morgan fingerprint density at radius 3 is 2.70 bits per heavy atom. The van der Waals surface area contributed by atoms with Crippen LogP contribution in [0.2, 0.25) is 0 Å². The number of methoxy groups -OCH3 is 2. The Balaban J connectivity index is 1.94. The van der Waals surface area contributed by atoms with Crippen molar-refractivity contribution in [2.24, 2.45) is 5.92 Å². The van der Waals surface area contributed by atoms with E-state index in [1.165, 1.54) is 20.3 Å². The van der Waals surface area contributed by atoms with Gasteiger partial charge in [0.1, 0.15) is 5.76 Å². The topological polar surface area (TPSA) is 102 Å². The van der Waals surface area contributed by atoms with E-state index in [2.05, 4.69) is 0 Å². The summed E-state index contributed by atoms with van der Waals surface area (Å²) in [6, 6.07) is 4.90. The second kappa shape index (κ2) is 9.47. The van der Waals surface area contributed by atoms with Crippen LogP contribution in [0.4, 0.5) is 0 Å². The molecule has 0 heterocycles. The third-order valence-electron chi connectivity index (χ3n) is 4.01. The van der Waals surface area contributed by atoms with Crippen molar-refractivity contribution >= 4 is 11.9 Å². The molecule has 0 saturated carbocycles.